The Labute approximate surface area is 143 Å². The number of nitrogens with one attached hydrogen (secondary N) is 2. The van der Waals surface area contributed by atoms with Gasteiger partial charge in [0.05, 0.1) is 23.3 Å². The van der Waals surface area contributed by atoms with Gasteiger partial charge in [-0.3, -0.25) is 0 Å². The van der Waals surface area contributed by atoms with E-state index < -0.39 is 17.4 Å². The van der Waals surface area contributed by atoms with Crippen LogP contribution in [0.1, 0.15) is 28.4 Å². The molecule has 0 radical (unpaired) electrons. The van der Waals surface area contributed by atoms with Gasteiger partial charge in [0.1, 0.15) is 11.7 Å². The molecule has 24 heavy (non-hydrogen) atoms. The molecule has 0 spiro atoms. The van der Waals surface area contributed by atoms with Crippen molar-refractivity contribution in [2.45, 2.75) is 12.6 Å². The molecule has 0 amide bonds. The lowest BCUT2D eigenvalue weighted by atomic mass is 10.0. The number of carbonyl (C=O) groups excluding carboxylic acids is 1. The van der Waals surface area contributed by atoms with Crippen molar-refractivity contribution in [1.29, 1.82) is 0 Å². The quantitative estimate of drug-likeness (QED) is 0.838. The zero-order chi connectivity index (χ0) is 17.3. The fourth-order valence-corrected chi connectivity index (χ4v) is 2.74. The summed E-state index contributed by atoms with van der Waals surface area (Å²) in [6.07, 6.45) is 0. The molecule has 0 aromatic heterocycles. The molecule has 1 aliphatic rings. The van der Waals surface area contributed by atoms with E-state index in [1.165, 1.54) is 19.2 Å². The number of hydrogen-bond acceptors (Lipinski definition) is 5. The minimum atomic E-state index is -0.824. The first kappa shape index (κ1) is 16.4. The number of methoxy groups -OCH3 is 1. The van der Waals surface area contributed by atoms with Crippen molar-refractivity contribution in [3.63, 3.8) is 0 Å². The molecule has 0 bridgehead atoms. The van der Waals surface area contributed by atoms with Gasteiger partial charge in [-0.2, -0.15) is 0 Å². The molecule has 0 saturated carbocycles. The van der Waals surface area contributed by atoms with Gasteiger partial charge < -0.3 is 10.2 Å². The number of carbonyl (C=O) groups is 1. The zero-order valence-electron chi connectivity index (χ0n) is 13.1. The van der Waals surface area contributed by atoms with Crippen LogP contribution in [0.25, 0.3) is 0 Å². The van der Waals surface area contributed by atoms with Crippen LogP contribution in [0.2, 0.25) is 5.02 Å². The summed E-state index contributed by atoms with van der Waals surface area (Å²) in [7, 11) is 1.33. The third kappa shape index (κ3) is 2.86. The van der Waals surface area contributed by atoms with E-state index in [-0.39, 0.29) is 10.6 Å². The second-order valence-corrected chi connectivity index (χ2v) is 5.86. The Morgan fingerprint density at radius 2 is 1.96 bits per heavy atom. The smallest absolute Gasteiger partial charge is 0.337 e. The molecule has 124 valence electrons. The second-order valence-electron chi connectivity index (χ2n) is 5.45. The standard InChI is InChI=1S/C17H15ClFN3O2/c1-17(11-8-6-10(7-9-11)16(23)24-2)20-15(21-22-17)14-12(18)4-3-5-13(14)19/h3-9,22H,1-2H3,(H,20,21). The van der Waals surface area contributed by atoms with Crippen molar-refractivity contribution in [2.75, 3.05) is 7.11 Å². The van der Waals surface area contributed by atoms with Gasteiger partial charge in [-0.05, 0) is 36.8 Å². The number of rotatable bonds is 3. The minimum Gasteiger partial charge on any atom is -0.465 e. The first-order valence-electron chi connectivity index (χ1n) is 7.21. The number of nitrogens with zero attached hydrogens (tertiary/aromatic N) is 1. The Bertz CT molecular complexity index is 803. The maximum Gasteiger partial charge on any atom is 0.337 e. The van der Waals surface area contributed by atoms with Gasteiger partial charge >= 0.3 is 5.97 Å². The van der Waals surface area contributed by atoms with Gasteiger partial charge in [-0.15, -0.1) is 0 Å². The number of hydrazine groups is 1. The van der Waals surface area contributed by atoms with Crippen LogP contribution in [0.4, 0.5) is 4.39 Å². The molecule has 0 saturated heterocycles. The van der Waals surface area contributed by atoms with Crippen molar-refractivity contribution < 1.29 is 13.9 Å². The Hall–Kier alpha value is -2.44. The van der Waals surface area contributed by atoms with Crippen LogP contribution in [0, 0.1) is 5.82 Å². The van der Waals surface area contributed by atoms with E-state index in [1.807, 2.05) is 6.92 Å². The molecule has 1 aliphatic heterocycles. The van der Waals surface area contributed by atoms with Gasteiger partial charge in [0.15, 0.2) is 5.66 Å². The third-order valence-electron chi connectivity index (χ3n) is 3.83. The van der Waals surface area contributed by atoms with Gasteiger partial charge in [-0.25, -0.2) is 19.6 Å². The van der Waals surface area contributed by atoms with E-state index in [4.69, 9.17) is 11.6 Å². The highest BCUT2D eigenvalue weighted by Crippen LogP contribution is 2.28. The highest BCUT2D eigenvalue weighted by molar-refractivity contribution is 6.34. The maximum atomic E-state index is 14.1. The Morgan fingerprint density at radius 1 is 1.25 bits per heavy atom. The van der Waals surface area contributed by atoms with Gasteiger partial charge in [0.25, 0.3) is 0 Å². The molecule has 1 unspecified atom stereocenters. The molecule has 2 N–H and O–H groups in total. The number of halogens is 2. The van der Waals surface area contributed by atoms with E-state index in [9.17, 15) is 9.18 Å². The molecule has 7 heteroatoms. The fourth-order valence-electron chi connectivity index (χ4n) is 2.49. The summed E-state index contributed by atoms with van der Waals surface area (Å²) >= 11 is 6.08. The normalized spacial score (nSPS) is 19.6. The number of aliphatic imine (C=N–C) groups is 1. The van der Waals surface area contributed by atoms with E-state index in [0.29, 0.717) is 11.4 Å². The fraction of sp³-hybridized carbons (Fsp3) is 0.176. The Kier molecular flexibility index (Phi) is 4.26. The summed E-state index contributed by atoms with van der Waals surface area (Å²) in [6, 6.07) is 11.3. The summed E-state index contributed by atoms with van der Waals surface area (Å²) in [4.78, 5) is 16.0. The minimum absolute atomic E-state index is 0.210. The molecular weight excluding hydrogens is 333 g/mol. The van der Waals surface area contributed by atoms with Crippen LogP contribution < -0.4 is 10.9 Å². The molecular formula is C17H15ClFN3O2. The predicted molar refractivity (Wildman–Crippen MR) is 89.4 cm³/mol. The van der Waals surface area contributed by atoms with Gasteiger partial charge in [-0.1, -0.05) is 29.8 Å². The summed E-state index contributed by atoms with van der Waals surface area (Å²) in [6.45, 7) is 1.83. The molecule has 2 aromatic rings. The van der Waals surface area contributed by atoms with E-state index >= 15 is 0 Å². The highest BCUT2D eigenvalue weighted by Gasteiger charge is 2.33. The molecule has 5 nitrogen and oxygen atoms in total. The summed E-state index contributed by atoms with van der Waals surface area (Å²) < 4.78 is 18.7. The molecule has 1 atom stereocenters. The lowest BCUT2D eigenvalue weighted by molar-refractivity contribution is 0.0600. The largest absolute Gasteiger partial charge is 0.465 e. The first-order valence-corrected chi connectivity index (χ1v) is 7.59. The van der Waals surface area contributed by atoms with Crippen LogP contribution in [0.15, 0.2) is 47.5 Å². The average Bonchev–Trinajstić information content (AvgIpc) is 2.97. The number of ether oxygens (including phenoxy) is 1. The molecule has 1 heterocycles. The lowest BCUT2D eigenvalue weighted by Crippen LogP contribution is -2.41. The topological polar surface area (TPSA) is 62.7 Å². The number of amidine groups is 1. The lowest BCUT2D eigenvalue weighted by Gasteiger charge is -2.21. The van der Waals surface area contributed by atoms with Crippen molar-refractivity contribution in [3.05, 3.63) is 70.0 Å². The van der Waals surface area contributed by atoms with Crippen molar-refractivity contribution in [1.82, 2.24) is 10.9 Å². The van der Waals surface area contributed by atoms with Crippen LogP contribution >= 0.6 is 11.6 Å². The van der Waals surface area contributed by atoms with Gasteiger partial charge in [0, 0.05) is 0 Å². The monoisotopic (exact) mass is 347 g/mol. The third-order valence-corrected chi connectivity index (χ3v) is 4.14. The molecule has 3 rings (SSSR count). The van der Waals surface area contributed by atoms with Crippen LogP contribution in [0.5, 0.6) is 0 Å². The van der Waals surface area contributed by atoms with Crippen LogP contribution in [-0.4, -0.2) is 18.9 Å². The predicted octanol–water partition coefficient (Wildman–Crippen LogP) is 2.99. The van der Waals surface area contributed by atoms with E-state index in [0.717, 1.165) is 5.56 Å². The van der Waals surface area contributed by atoms with E-state index in [2.05, 4.69) is 20.6 Å². The summed E-state index contributed by atoms with van der Waals surface area (Å²) in [5.74, 6) is -0.551. The number of esters is 1. The highest BCUT2D eigenvalue weighted by atomic mass is 35.5. The van der Waals surface area contributed by atoms with Crippen molar-refractivity contribution >= 4 is 23.4 Å². The second kappa shape index (κ2) is 6.22. The van der Waals surface area contributed by atoms with Crippen LogP contribution in [-0.2, 0) is 10.4 Å². The van der Waals surface area contributed by atoms with Crippen molar-refractivity contribution in [2.24, 2.45) is 4.99 Å². The number of hydrogen-bond donors (Lipinski definition) is 2. The first-order chi connectivity index (χ1) is 11.4. The molecule has 0 aliphatic carbocycles. The zero-order valence-corrected chi connectivity index (χ0v) is 13.8. The van der Waals surface area contributed by atoms with Crippen molar-refractivity contribution in [3.8, 4) is 0 Å². The molecule has 0 fully saturated rings. The maximum absolute atomic E-state index is 14.1. The average molecular weight is 348 g/mol. The number of benzene rings is 2. The SMILES string of the molecule is COC(=O)c1ccc(C2(C)N=C(c3c(F)cccc3Cl)NN2)cc1. The van der Waals surface area contributed by atoms with Gasteiger partial charge in [0.2, 0.25) is 0 Å². The molecule has 2 aromatic carbocycles. The Balaban J connectivity index is 1.95. The Morgan fingerprint density at radius 3 is 2.58 bits per heavy atom. The van der Waals surface area contributed by atoms with E-state index in [1.54, 1.807) is 30.3 Å². The summed E-state index contributed by atoms with van der Waals surface area (Å²) in [5, 5.41) is 0.272. The van der Waals surface area contributed by atoms with Crippen LogP contribution in [0.3, 0.4) is 0 Å². The summed E-state index contributed by atoms with van der Waals surface area (Å²) in [5.41, 5.74) is 6.52.